The van der Waals surface area contributed by atoms with E-state index in [1.165, 1.54) is 36.4 Å². The van der Waals surface area contributed by atoms with E-state index in [2.05, 4.69) is 31.8 Å². The summed E-state index contributed by atoms with van der Waals surface area (Å²) in [5, 5.41) is 3.67. The van der Waals surface area contributed by atoms with Gasteiger partial charge in [0.25, 0.3) is 0 Å². The van der Waals surface area contributed by atoms with Crippen LogP contribution in [0.15, 0.2) is 17.8 Å². The van der Waals surface area contributed by atoms with Crippen molar-refractivity contribution < 1.29 is 0 Å². The summed E-state index contributed by atoms with van der Waals surface area (Å²) in [6.45, 7) is 6.46. The van der Waals surface area contributed by atoms with Gasteiger partial charge in [0.2, 0.25) is 0 Å². The molecular formula is C18H27N5S. The van der Waals surface area contributed by atoms with E-state index in [1.807, 2.05) is 23.7 Å². The number of hydrogen-bond donors (Lipinski definition) is 0. The topological polar surface area (TPSA) is 37.2 Å². The third kappa shape index (κ3) is 3.71. The van der Waals surface area contributed by atoms with E-state index >= 15 is 0 Å². The van der Waals surface area contributed by atoms with Crippen molar-refractivity contribution in [3.05, 3.63) is 34.3 Å². The molecule has 2 aromatic rings. The molecule has 0 spiro atoms. The minimum absolute atomic E-state index is 0.749. The molecule has 0 unspecified atom stereocenters. The van der Waals surface area contributed by atoms with Crippen LogP contribution in [0, 0.1) is 0 Å². The summed E-state index contributed by atoms with van der Waals surface area (Å²) < 4.78 is 2.12. The van der Waals surface area contributed by atoms with E-state index in [0.717, 1.165) is 51.0 Å². The molecule has 3 heterocycles. The first-order chi connectivity index (χ1) is 11.8. The van der Waals surface area contributed by atoms with Gasteiger partial charge in [0.15, 0.2) is 0 Å². The molecule has 0 radical (unpaired) electrons. The fraction of sp³-hybridized carbons (Fsp3) is 0.667. The molecule has 2 fully saturated rings. The van der Waals surface area contributed by atoms with Crippen molar-refractivity contribution in [1.29, 1.82) is 0 Å². The van der Waals surface area contributed by atoms with Crippen LogP contribution in [0.25, 0.3) is 0 Å². The number of imidazole rings is 1. The standard InChI is InChI=1S/C18H27N5S/c1-21-7-6-19-17(21)13-23-10-8-22(9-11-23)12-16-14-24-18(20-16)15-4-2-3-5-15/h6-7,14-15H,2-5,8-13H2,1H3. The lowest BCUT2D eigenvalue weighted by Gasteiger charge is -2.34. The van der Waals surface area contributed by atoms with Gasteiger partial charge in [0.05, 0.1) is 17.2 Å². The first-order valence-corrected chi connectivity index (χ1v) is 10.0. The van der Waals surface area contributed by atoms with E-state index < -0.39 is 0 Å². The number of rotatable bonds is 5. The van der Waals surface area contributed by atoms with Gasteiger partial charge in [-0.15, -0.1) is 11.3 Å². The SMILES string of the molecule is Cn1ccnc1CN1CCN(Cc2csc(C3CCCC3)n2)CC1. The summed E-state index contributed by atoms with van der Waals surface area (Å²) in [5.41, 5.74) is 1.28. The maximum atomic E-state index is 4.93. The third-order valence-electron chi connectivity index (χ3n) is 5.41. The maximum absolute atomic E-state index is 4.93. The second kappa shape index (κ2) is 7.33. The fourth-order valence-corrected chi connectivity index (χ4v) is 4.82. The van der Waals surface area contributed by atoms with Crippen LogP contribution in [0.3, 0.4) is 0 Å². The second-order valence-electron chi connectivity index (χ2n) is 7.17. The van der Waals surface area contributed by atoms with Crippen molar-refractivity contribution in [1.82, 2.24) is 24.3 Å². The Bertz CT molecular complexity index is 650. The normalized spacial score (nSPS) is 20.9. The van der Waals surface area contributed by atoms with Crippen molar-refractivity contribution in [3.8, 4) is 0 Å². The average molecular weight is 346 g/mol. The molecule has 4 rings (SSSR count). The molecule has 0 atom stereocenters. The van der Waals surface area contributed by atoms with Gasteiger partial charge in [-0.3, -0.25) is 9.80 Å². The van der Waals surface area contributed by atoms with Crippen LogP contribution in [0.1, 0.15) is 48.1 Å². The fourth-order valence-electron chi connectivity index (χ4n) is 3.84. The van der Waals surface area contributed by atoms with Gasteiger partial charge < -0.3 is 4.57 Å². The Morgan fingerprint density at radius 3 is 2.46 bits per heavy atom. The van der Waals surface area contributed by atoms with Crippen molar-refractivity contribution in [2.24, 2.45) is 7.05 Å². The van der Waals surface area contributed by atoms with Gasteiger partial charge in [0, 0.05) is 63.5 Å². The largest absolute Gasteiger partial charge is 0.337 e. The van der Waals surface area contributed by atoms with Crippen LogP contribution < -0.4 is 0 Å². The number of aryl methyl sites for hydroxylation is 1. The van der Waals surface area contributed by atoms with E-state index in [0.29, 0.717) is 0 Å². The summed E-state index contributed by atoms with van der Waals surface area (Å²) in [6, 6.07) is 0. The molecule has 1 aliphatic carbocycles. The highest BCUT2D eigenvalue weighted by molar-refractivity contribution is 7.09. The van der Waals surface area contributed by atoms with Crippen LogP contribution in [0.4, 0.5) is 0 Å². The monoisotopic (exact) mass is 345 g/mol. The molecule has 1 saturated carbocycles. The number of aromatic nitrogens is 3. The van der Waals surface area contributed by atoms with E-state index in [1.54, 1.807) is 0 Å². The summed E-state index contributed by atoms with van der Waals surface area (Å²) in [5.74, 6) is 1.91. The molecule has 24 heavy (non-hydrogen) atoms. The van der Waals surface area contributed by atoms with Crippen LogP contribution >= 0.6 is 11.3 Å². The van der Waals surface area contributed by atoms with E-state index in [9.17, 15) is 0 Å². The van der Waals surface area contributed by atoms with Crippen LogP contribution in [-0.2, 0) is 20.1 Å². The van der Waals surface area contributed by atoms with E-state index in [-0.39, 0.29) is 0 Å². The van der Waals surface area contributed by atoms with Crippen LogP contribution in [0.2, 0.25) is 0 Å². The Morgan fingerprint density at radius 2 is 1.79 bits per heavy atom. The summed E-state index contributed by atoms with van der Waals surface area (Å²) in [6.07, 6.45) is 9.37. The number of thiazole rings is 1. The minimum atomic E-state index is 0.749. The number of nitrogens with zero attached hydrogens (tertiary/aromatic N) is 5. The van der Waals surface area contributed by atoms with Crippen LogP contribution in [0.5, 0.6) is 0 Å². The first-order valence-electron chi connectivity index (χ1n) is 9.13. The molecule has 0 amide bonds. The molecule has 130 valence electrons. The minimum Gasteiger partial charge on any atom is -0.337 e. The average Bonchev–Trinajstić information content (AvgIpc) is 3.32. The third-order valence-corrected chi connectivity index (χ3v) is 6.47. The van der Waals surface area contributed by atoms with Gasteiger partial charge in [-0.05, 0) is 12.8 Å². The summed E-state index contributed by atoms with van der Waals surface area (Å²) in [7, 11) is 2.07. The van der Waals surface area contributed by atoms with Gasteiger partial charge in [-0.2, -0.15) is 0 Å². The molecule has 0 bridgehead atoms. The summed E-state index contributed by atoms with van der Waals surface area (Å²) in [4.78, 5) is 14.4. The zero-order valence-corrected chi connectivity index (χ0v) is 15.3. The Balaban J connectivity index is 1.26. The molecule has 5 nitrogen and oxygen atoms in total. The number of hydrogen-bond acceptors (Lipinski definition) is 5. The smallest absolute Gasteiger partial charge is 0.122 e. The highest BCUT2D eigenvalue weighted by Crippen LogP contribution is 2.35. The Morgan fingerprint density at radius 1 is 1.08 bits per heavy atom. The molecule has 2 aromatic heterocycles. The summed E-state index contributed by atoms with van der Waals surface area (Å²) >= 11 is 1.88. The van der Waals surface area contributed by atoms with E-state index in [4.69, 9.17) is 4.98 Å². The zero-order chi connectivity index (χ0) is 16.4. The molecule has 2 aliphatic rings. The molecule has 0 N–H and O–H groups in total. The Kier molecular flexibility index (Phi) is 4.96. The van der Waals surface area contributed by atoms with Crippen molar-refractivity contribution in [2.45, 2.75) is 44.7 Å². The predicted octanol–water partition coefficient (Wildman–Crippen LogP) is 2.85. The Hall–Kier alpha value is -1.24. The van der Waals surface area contributed by atoms with Crippen molar-refractivity contribution in [3.63, 3.8) is 0 Å². The highest BCUT2D eigenvalue weighted by Gasteiger charge is 2.22. The van der Waals surface area contributed by atoms with Gasteiger partial charge in [-0.1, -0.05) is 12.8 Å². The van der Waals surface area contributed by atoms with Crippen LogP contribution in [-0.4, -0.2) is 50.5 Å². The number of piperazine rings is 1. The lowest BCUT2D eigenvalue weighted by atomic mass is 10.1. The maximum Gasteiger partial charge on any atom is 0.122 e. The zero-order valence-electron chi connectivity index (χ0n) is 14.5. The highest BCUT2D eigenvalue weighted by atomic mass is 32.1. The van der Waals surface area contributed by atoms with Crippen molar-refractivity contribution in [2.75, 3.05) is 26.2 Å². The molecule has 1 saturated heterocycles. The first kappa shape index (κ1) is 16.2. The molecular weight excluding hydrogens is 318 g/mol. The lowest BCUT2D eigenvalue weighted by molar-refractivity contribution is 0.118. The molecule has 1 aliphatic heterocycles. The Labute approximate surface area is 148 Å². The molecule has 6 heteroatoms. The quantitative estimate of drug-likeness (QED) is 0.835. The van der Waals surface area contributed by atoms with Gasteiger partial charge in [0.1, 0.15) is 5.82 Å². The van der Waals surface area contributed by atoms with Gasteiger partial charge in [-0.25, -0.2) is 9.97 Å². The lowest BCUT2D eigenvalue weighted by Crippen LogP contribution is -2.45. The predicted molar refractivity (Wildman–Crippen MR) is 97.1 cm³/mol. The molecule has 0 aromatic carbocycles. The van der Waals surface area contributed by atoms with Gasteiger partial charge >= 0.3 is 0 Å². The van der Waals surface area contributed by atoms with Crippen molar-refractivity contribution >= 4 is 11.3 Å². The second-order valence-corrected chi connectivity index (χ2v) is 8.05.